The summed E-state index contributed by atoms with van der Waals surface area (Å²) in [6.07, 6.45) is 0. The molecule has 0 aliphatic rings. The molecule has 2 aromatic rings. The Bertz CT molecular complexity index is 595. The van der Waals surface area contributed by atoms with Crippen molar-refractivity contribution in [3.05, 3.63) is 48.5 Å². The van der Waals surface area contributed by atoms with E-state index in [4.69, 9.17) is 14.2 Å². The van der Waals surface area contributed by atoms with Crippen LogP contribution in [-0.4, -0.2) is 26.7 Å². The monoisotopic (exact) mass is 287 g/mol. The third-order valence-electron chi connectivity index (χ3n) is 2.80. The fourth-order valence-electron chi connectivity index (χ4n) is 1.72. The molecule has 2 aromatic carbocycles. The van der Waals surface area contributed by atoms with Crippen molar-refractivity contribution in [1.29, 1.82) is 0 Å². The quantitative estimate of drug-likeness (QED) is 0.654. The first-order chi connectivity index (χ1) is 10.2. The zero-order chi connectivity index (χ0) is 15.1. The van der Waals surface area contributed by atoms with Crippen molar-refractivity contribution < 1.29 is 19.0 Å². The minimum Gasteiger partial charge on any atom is -0.497 e. The highest BCUT2D eigenvalue weighted by Crippen LogP contribution is 2.19. The highest BCUT2D eigenvalue weighted by atomic mass is 16.5. The first-order valence-corrected chi connectivity index (χ1v) is 6.44. The predicted octanol–water partition coefficient (Wildman–Crippen LogP) is 2.72. The molecule has 0 radical (unpaired) electrons. The smallest absolute Gasteiger partial charge is 0.330 e. The normalized spacial score (nSPS) is 9.81. The summed E-state index contributed by atoms with van der Waals surface area (Å²) in [4.78, 5) is 11.8. The van der Waals surface area contributed by atoms with Gasteiger partial charge in [-0.05, 0) is 36.4 Å². The average molecular weight is 287 g/mol. The standard InChI is InChI=1S/C16H17NO4/c1-19-13-8-6-12(7-9-13)17-11-16(18)21-15-5-3-4-14(10-15)20-2/h3-10,17H,11H2,1-2H3. The van der Waals surface area contributed by atoms with Crippen LogP contribution in [0.1, 0.15) is 0 Å². The molecule has 2 rings (SSSR count). The Morgan fingerprint density at radius 2 is 1.62 bits per heavy atom. The lowest BCUT2D eigenvalue weighted by atomic mass is 10.3. The number of rotatable bonds is 6. The summed E-state index contributed by atoms with van der Waals surface area (Å²) >= 11 is 0. The van der Waals surface area contributed by atoms with Gasteiger partial charge in [-0.3, -0.25) is 0 Å². The van der Waals surface area contributed by atoms with Crippen LogP contribution in [0.15, 0.2) is 48.5 Å². The molecule has 0 amide bonds. The van der Waals surface area contributed by atoms with Crippen LogP contribution in [0.5, 0.6) is 17.2 Å². The number of esters is 1. The van der Waals surface area contributed by atoms with Gasteiger partial charge in [0.15, 0.2) is 0 Å². The first-order valence-electron chi connectivity index (χ1n) is 6.44. The number of hydrogen-bond acceptors (Lipinski definition) is 5. The fourth-order valence-corrected chi connectivity index (χ4v) is 1.72. The van der Waals surface area contributed by atoms with E-state index in [0.29, 0.717) is 11.5 Å². The van der Waals surface area contributed by atoms with Crippen molar-refractivity contribution in [3.8, 4) is 17.2 Å². The molecular weight excluding hydrogens is 270 g/mol. The maximum atomic E-state index is 11.8. The van der Waals surface area contributed by atoms with Gasteiger partial charge in [-0.15, -0.1) is 0 Å². The number of carbonyl (C=O) groups is 1. The second-order valence-electron chi connectivity index (χ2n) is 4.24. The first kappa shape index (κ1) is 14.7. The van der Waals surface area contributed by atoms with Crippen molar-refractivity contribution in [2.45, 2.75) is 0 Å². The molecule has 0 aromatic heterocycles. The molecule has 0 spiro atoms. The van der Waals surface area contributed by atoms with Gasteiger partial charge in [-0.1, -0.05) is 6.07 Å². The second-order valence-corrected chi connectivity index (χ2v) is 4.24. The summed E-state index contributed by atoms with van der Waals surface area (Å²) in [7, 11) is 3.17. The van der Waals surface area contributed by atoms with Crippen LogP contribution in [0.2, 0.25) is 0 Å². The lowest BCUT2D eigenvalue weighted by molar-refractivity contribution is -0.132. The lowest BCUT2D eigenvalue weighted by Gasteiger charge is -2.08. The van der Waals surface area contributed by atoms with Crippen molar-refractivity contribution in [2.75, 3.05) is 26.1 Å². The zero-order valence-corrected chi connectivity index (χ0v) is 12.0. The minimum atomic E-state index is -0.376. The summed E-state index contributed by atoms with van der Waals surface area (Å²) in [5.74, 6) is 1.48. The maximum absolute atomic E-state index is 11.8. The Morgan fingerprint density at radius 3 is 2.29 bits per heavy atom. The molecule has 0 aliphatic carbocycles. The molecule has 0 bridgehead atoms. The number of carbonyl (C=O) groups excluding carboxylic acids is 1. The SMILES string of the molecule is COc1ccc(NCC(=O)Oc2cccc(OC)c2)cc1. The molecule has 110 valence electrons. The van der Waals surface area contributed by atoms with Gasteiger partial charge in [0.05, 0.1) is 14.2 Å². The lowest BCUT2D eigenvalue weighted by Crippen LogP contribution is -2.19. The Kier molecular flexibility index (Phi) is 5.04. The van der Waals surface area contributed by atoms with Gasteiger partial charge in [0.2, 0.25) is 0 Å². The molecular formula is C16H17NO4. The number of methoxy groups -OCH3 is 2. The Morgan fingerprint density at radius 1 is 0.952 bits per heavy atom. The van der Waals surface area contributed by atoms with Gasteiger partial charge in [0, 0.05) is 11.8 Å². The summed E-state index contributed by atoms with van der Waals surface area (Å²) in [6.45, 7) is 0.0730. The molecule has 0 atom stereocenters. The molecule has 21 heavy (non-hydrogen) atoms. The predicted molar refractivity (Wildman–Crippen MR) is 80.1 cm³/mol. The number of nitrogens with one attached hydrogen (secondary N) is 1. The van der Waals surface area contributed by atoms with Crippen molar-refractivity contribution in [1.82, 2.24) is 0 Å². The molecule has 5 nitrogen and oxygen atoms in total. The molecule has 0 unspecified atom stereocenters. The summed E-state index contributed by atoms with van der Waals surface area (Å²) in [5.41, 5.74) is 0.818. The van der Waals surface area contributed by atoms with Crippen LogP contribution in [0.25, 0.3) is 0 Å². The molecule has 1 N–H and O–H groups in total. The van der Waals surface area contributed by atoms with E-state index in [1.807, 2.05) is 24.3 Å². The third-order valence-corrected chi connectivity index (χ3v) is 2.80. The van der Waals surface area contributed by atoms with Crippen LogP contribution < -0.4 is 19.5 Å². The minimum absolute atomic E-state index is 0.0730. The molecule has 0 aliphatic heterocycles. The van der Waals surface area contributed by atoms with E-state index in [1.54, 1.807) is 38.5 Å². The summed E-state index contributed by atoms with van der Waals surface area (Å²) < 4.78 is 15.4. The van der Waals surface area contributed by atoms with Crippen LogP contribution >= 0.6 is 0 Å². The van der Waals surface area contributed by atoms with E-state index < -0.39 is 0 Å². The van der Waals surface area contributed by atoms with Gasteiger partial charge in [0.25, 0.3) is 0 Å². The van der Waals surface area contributed by atoms with Crippen LogP contribution in [0.4, 0.5) is 5.69 Å². The van der Waals surface area contributed by atoms with Crippen LogP contribution in [0, 0.1) is 0 Å². The van der Waals surface area contributed by atoms with Crippen molar-refractivity contribution >= 4 is 11.7 Å². The van der Waals surface area contributed by atoms with Gasteiger partial charge in [-0.25, -0.2) is 4.79 Å². The topological polar surface area (TPSA) is 56.8 Å². The van der Waals surface area contributed by atoms with E-state index in [2.05, 4.69) is 5.32 Å². The van der Waals surface area contributed by atoms with Crippen LogP contribution in [-0.2, 0) is 4.79 Å². The number of benzene rings is 2. The van der Waals surface area contributed by atoms with Gasteiger partial charge in [-0.2, -0.15) is 0 Å². The summed E-state index contributed by atoms with van der Waals surface area (Å²) in [6, 6.07) is 14.2. The van der Waals surface area contributed by atoms with Gasteiger partial charge >= 0.3 is 5.97 Å². The van der Waals surface area contributed by atoms with Crippen molar-refractivity contribution in [3.63, 3.8) is 0 Å². The molecule has 5 heteroatoms. The maximum Gasteiger partial charge on any atom is 0.330 e. The van der Waals surface area contributed by atoms with Gasteiger partial charge < -0.3 is 19.5 Å². The fraction of sp³-hybridized carbons (Fsp3) is 0.188. The highest BCUT2D eigenvalue weighted by Gasteiger charge is 2.05. The number of ether oxygens (including phenoxy) is 3. The van der Waals surface area contributed by atoms with Crippen LogP contribution in [0.3, 0.4) is 0 Å². The Balaban J connectivity index is 1.86. The van der Waals surface area contributed by atoms with E-state index in [1.165, 1.54) is 0 Å². The second kappa shape index (κ2) is 7.19. The molecule has 0 fully saturated rings. The van der Waals surface area contributed by atoms with E-state index >= 15 is 0 Å². The Labute approximate surface area is 123 Å². The summed E-state index contributed by atoms with van der Waals surface area (Å²) in [5, 5.41) is 2.98. The van der Waals surface area contributed by atoms with E-state index in [-0.39, 0.29) is 12.5 Å². The molecule has 0 heterocycles. The zero-order valence-electron chi connectivity index (χ0n) is 12.0. The van der Waals surface area contributed by atoms with E-state index in [0.717, 1.165) is 11.4 Å². The highest BCUT2D eigenvalue weighted by molar-refractivity contribution is 5.77. The number of anilines is 1. The molecule has 0 saturated carbocycles. The third kappa shape index (κ3) is 4.42. The van der Waals surface area contributed by atoms with E-state index in [9.17, 15) is 4.79 Å². The number of hydrogen-bond donors (Lipinski definition) is 1. The average Bonchev–Trinajstić information content (AvgIpc) is 2.53. The Hall–Kier alpha value is -2.69. The van der Waals surface area contributed by atoms with Gasteiger partial charge in [0.1, 0.15) is 23.8 Å². The molecule has 0 saturated heterocycles. The largest absolute Gasteiger partial charge is 0.497 e. The van der Waals surface area contributed by atoms with Crippen molar-refractivity contribution in [2.24, 2.45) is 0 Å².